The average molecular weight is 384 g/mol. The van der Waals surface area contributed by atoms with Crippen LogP contribution in [0.2, 0.25) is 0 Å². The average Bonchev–Trinajstić information content (AvgIpc) is 3.39. The van der Waals surface area contributed by atoms with Gasteiger partial charge in [-0.1, -0.05) is 6.07 Å². The molecule has 5 rings (SSSR count). The van der Waals surface area contributed by atoms with E-state index in [1.54, 1.807) is 18.3 Å². The van der Waals surface area contributed by atoms with Gasteiger partial charge >= 0.3 is 6.61 Å². The minimum atomic E-state index is -2.83. The summed E-state index contributed by atoms with van der Waals surface area (Å²) in [6, 6.07) is 8.87. The van der Waals surface area contributed by atoms with Gasteiger partial charge in [0.15, 0.2) is 11.3 Å². The van der Waals surface area contributed by atoms with Crippen molar-refractivity contribution in [2.75, 3.05) is 5.32 Å². The third-order valence-corrected chi connectivity index (χ3v) is 5.19. The molecule has 0 spiro atoms. The van der Waals surface area contributed by atoms with Gasteiger partial charge in [0, 0.05) is 29.9 Å². The van der Waals surface area contributed by atoms with E-state index in [0.29, 0.717) is 0 Å². The number of nitrogens with zero attached hydrogens (tertiary/aromatic N) is 4. The van der Waals surface area contributed by atoms with Crippen LogP contribution in [0, 0.1) is 0 Å². The summed E-state index contributed by atoms with van der Waals surface area (Å²) in [5.74, 6) is 1.34. The van der Waals surface area contributed by atoms with Crippen molar-refractivity contribution in [2.24, 2.45) is 0 Å². The second-order valence-electron chi connectivity index (χ2n) is 6.98. The molecule has 3 heterocycles. The lowest BCUT2D eigenvalue weighted by Crippen LogP contribution is -2.16. The molecule has 1 aliphatic rings. The molecular weight excluding hydrogens is 366 g/mol. The van der Waals surface area contributed by atoms with Crippen LogP contribution in [-0.2, 0) is 0 Å². The Hall–Kier alpha value is -3.23. The van der Waals surface area contributed by atoms with Gasteiger partial charge in [0.05, 0.1) is 11.7 Å². The highest BCUT2D eigenvalue weighted by Gasteiger charge is 2.30. The number of ether oxygens (including phenoxy) is 1. The van der Waals surface area contributed by atoms with E-state index < -0.39 is 6.61 Å². The lowest BCUT2D eigenvalue weighted by molar-refractivity contribution is -0.0498. The lowest BCUT2D eigenvalue weighted by Gasteiger charge is -2.15. The minimum absolute atomic E-state index is 0.153. The Morgan fingerprint density at radius 3 is 3.04 bits per heavy atom. The second-order valence-corrected chi connectivity index (χ2v) is 6.98. The predicted octanol–water partition coefficient (Wildman–Crippen LogP) is 3.96. The number of H-pyrrole nitrogens is 1. The van der Waals surface area contributed by atoms with Crippen LogP contribution in [0.5, 0.6) is 5.75 Å². The largest absolute Gasteiger partial charge is 0.435 e. The molecule has 2 N–H and O–H groups in total. The number of hydrogen-bond donors (Lipinski definition) is 2. The molecular formula is C19H18F2N6O. The van der Waals surface area contributed by atoms with Gasteiger partial charge in [0.25, 0.3) is 0 Å². The Morgan fingerprint density at radius 2 is 2.14 bits per heavy atom. The quantitative estimate of drug-likeness (QED) is 0.545. The van der Waals surface area contributed by atoms with Crippen LogP contribution < -0.4 is 10.1 Å². The SMILES string of the molecule is FC(F)Oc1cccc(N[C@H]2CC[C@@H](c3nnc4cnc5[nH]ccc5n34)C2)c1. The maximum Gasteiger partial charge on any atom is 0.387 e. The van der Waals surface area contributed by atoms with Gasteiger partial charge in [-0.25, -0.2) is 4.98 Å². The van der Waals surface area contributed by atoms with E-state index in [-0.39, 0.29) is 17.7 Å². The number of hydrogen-bond acceptors (Lipinski definition) is 5. The molecule has 0 unspecified atom stereocenters. The normalized spacial score (nSPS) is 19.7. The van der Waals surface area contributed by atoms with E-state index in [1.165, 1.54) is 6.07 Å². The Labute approximate surface area is 158 Å². The fraction of sp³-hybridized carbons (Fsp3) is 0.316. The molecule has 3 aromatic heterocycles. The number of aromatic nitrogens is 5. The van der Waals surface area contributed by atoms with Crippen molar-refractivity contribution in [1.82, 2.24) is 24.6 Å². The molecule has 0 radical (unpaired) electrons. The highest BCUT2D eigenvalue weighted by Crippen LogP contribution is 2.36. The molecule has 0 aliphatic heterocycles. The van der Waals surface area contributed by atoms with E-state index >= 15 is 0 Å². The number of alkyl halides is 2. The molecule has 2 atom stereocenters. The van der Waals surface area contributed by atoms with Crippen LogP contribution >= 0.6 is 0 Å². The second kappa shape index (κ2) is 6.74. The van der Waals surface area contributed by atoms with Crippen molar-refractivity contribution in [3.8, 4) is 5.75 Å². The standard InChI is InChI=1S/C19H18F2N6O/c20-19(21)28-14-3-1-2-12(9-14)24-13-5-4-11(8-13)18-26-25-16-10-23-17-15(27(16)18)6-7-22-17/h1-3,6-7,9-11,13,19,22,24H,4-5,8H2/t11-,13+/m1/s1. The van der Waals surface area contributed by atoms with Crippen molar-refractivity contribution in [1.29, 1.82) is 0 Å². The molecule has 144 valence electrons. The van der Waals surface area contributed by atoms with Gasteiger partial charge in [-0.3, -0.25) is 4.40 Å². The van der Waals surface area contributed by atoms with Crippen LogP contribution in [0.3, 0.4) is 0 Å². The molecule has 1 fully saturated rings. The maximum atomic E-state index is 12.4. The van der Waals surface area contributed by atoms with Crippen molar-refractivity contribution >= 4 is 22.5 Å². The van der Waals surface area contributed by atoms with E-state index in [0.717, 1.165) is 47.6 Å². The molecule has 28 heavy (non-hydrogen) atoms. The van der Waals surface area contributed by atoms with Gasteiger partial charge in [-0.05, 0) is 37.5 Å². The summed E-state index contributed by atoms with van der Waals surface area (Å²) >= 11 is 0. The third-order valence-electron chi connectivity index (χ3n) is 5.19. The minimum Gasteiger partial charge on any atom is -0.435 e. The Balaban J connectivity index is 1.35. The van der Waals surface area contributed by atoms with E-state index in [2.05, 4.69) is 34.6 Å². The topological polar surface area (TPSA) is 80.1 Å². The summed E-state index contributed by atoms with van der Waals surface area (Å²) in [7, 11) is 0. The molecule has 1 aliphatic carbocycles. The zero-order valence-corrected chi connectivity index (χ0v) is 14.8. The van der Waals surface area contributed by atoms with E-state index in [9.17, 15) is 8.78 Å². The number of nitrogens with one attached hydrogen (secondary N) is 2. The smallest absolute Gasteiger partial charge is 0.387 e. The van der Waals surface area contributed by atoms with Gasteiger partial charge < -0.3 is 15.0 Å². The molecule has 1 aromatic carbocycles. The van der Waals surface area contributed by atoms with Crippen LogP contribution in [0.15, 0.2) is 42.7 Å². The van der Waals surface area contributed by atoms with E-state index in [4.69, 9.17) is 0 Å². The zero-order valence-electron chi connectivity index (χ0n) is 14.8. The van der Waals surface area contributed by atoms with Gasteiger partial charge in [-0.15, -0.1) is 10.2 Å². The first-order valence-electron chi connectivity index (χ1n) is 9.16. The van der Waals surface area contributed by atoms with Crippen molar-refractivity contribution in [3.05, 3.63) is 48.5 Å². The maximum absolute atomic E-state index is 12.4. The van der Waals surface area contributed by atoms with Crippen LogP contribution in [0.1, 0.15) is 31.0 Å². The number of anilines is 1. The lowest BCUT2D eigenvalue weighted by atomic mass is 10.1. The van der Waals surface area contributed by atoms with Crippen LogP contribution in [0.4, 0.5) is 14.5 Å². The van der Waals surface area contributed by atoms with Gasteiger partial charge in [0.1, 0.15) is 11.6 Å². The predicted molar refractivity (Wildman–Crippen MR) is 99.7 cm³/mol. The molecule has 0 bridgehead atoms. The molecule has 0 saturated heterocycles. The summed E-state index contributed by atoms with van der Waals surface area (Å²) in [4.78, 5) is 7.47. The van der Waals surface area contributed by atoms with Crippen molar-refractivity contribution in [2.45, 2.75) is 37.8 Å². The molecule has 4 aromatic rings. The molecule has 1 saturated carbocycles. The van der Waals surface area contributed by atoms with Crippen molar-refractivity contribution in [3.63, 3.8) is 0 Å². The Morgan fingerprint density at radius 1 is 1.21 bits per heavy atom. The number of benzene rings is 1. The van der Waals surface area contributed by atoms with E-state index in [1.807, 2.05) is 18.3 Å². The fourth-order valence-electron chi connectivity index (χ4n) is 4.01. The molecule has 7 nitrogen and oxygen atoms in total. The first-order chi connectivity index (χ1) is 13.7. The third kappa shape index (κ3) is 3.02. The fourth-order valence-corrected chi connectivity index (χ4v) is 4.01. The number of rotatable bonds is 5. The van der Waals surface area contributed by atoms with Gasteiger partial charge in [-0.2, -0.15) is 8.78 Å². The zero-order chi connectivity index (χ0) is 19.1. The highest BCUT2D eigenvalue weighted by molar-refractivity contribution is 5.74. The summed E-state index contributed by atoms with van der Waals surface area (Å²) in [6.07, 6.45) is 6.39. The first kappa shape index (κ1) is 16.9. The van der Waals surface area contributed by atoms with Crippen LogP contribution in [0.25, 0.3) is 16.8 Å². The first-order valence-corrected chi connectivity index (χ1v) is 9.16. The number of fused-ring (bicyclic) bond motifs is 3. The Kier molecular flexibility index (Phi) is 4.07. The van der Waals surface area contributed by atoms with Gasteiger partial charge in [0.2, 0.25) is 0 Å². The number of aromatic amines is 1. The van der Waals surface area contributed by atoms with Crippen molar-refractivity contribution < 1.29 is 13.5 Å². The highest BCUT2D eigenvalue weighted by atomic mass is 19.3. The summed E-state index contributed by atoms with van der Waals surface area (Å²) in [5, 5.41) is 12.1. The molecule has 0 amide bonds. The monoisotopic (exact) mass is 384 g/mol. The molecule has 9 heteroatoms. The summed E-state index contributed by atoms with van der Waals surface area (Å²) in [6.45, 7) is -2.83. The Bertz CT molecular complexity index is 1120. The van der Waals surface area contributed by atoms with Crippen LogP contribution in [-0.4, -0.2) is 37.2 Å². The number of halogens is 2. The summed E-state index contributed by atoms with van der Waals surface area (Å²) < 4.78 is 31.4. The summed E-state index contributed by atoms with van der Waals surface area (Å²) in [5.41, 5.74) is 3.27.